The number of amides is 1. The highest BCUT2D eigenvalue weighted by molar-refractivity contribution is 5.76. The largest absolute Gasteiger partial charge is 0.369 e. The Balaban J connectivity index is 2.34. The second kappa shape index (κ2) is 3.87. The zero-order chi connectivity index (χ0) is 9.14. The zero-order valence-electron chi connectivity index (χ0n) is 7.20. The summed E-state index contributed by atoms with van der Waals surface area (Å²) in [6.07, 6.45) is 3.34. The molecule has 0 aliphatic heterocycles. The zero-order valence-corrected chi connectivity index (χ0v) is 7.20. The molecule has 0 saturated heterocycles. The maximum atomic E-state index is 10.8. The van der Waals surface area contributed by atoms with Crippen molar-refractivity contribution in [1.29, 1.82) is 0 Å². The van der Waals surface area contributed by atoms with Gasteiger partial charge in [0.05, 0.1) is 6.17 Å². The maximum absolute atomic E-state index is 10.8. The predicted molar refractivity (Wildman–Crippen MR) is 46.8 cm³/mol. The Morgan fingerprint density at radius 3 is 2.00 bits per heavy atom. The Labute approximate surface area is 72.5 Å². The summed E-state index contributed by atoms with van der Waals surface area (Å²) in [5.74, 6) is 0.250. The monoisotopic (exact) mass is 171 g/mol. The van der Waals surface area contributed by atoms with E-state index in [4.69, 9.17) is 17.2 Å². The van der Waals surface area contributed by atoms with Gasteiger partial charge in [0.25, 0.3) is 0 Å². The van der Waals surface area contributed by atoms with E-state index in [-0.39, 0.29) is 18.0 Å². The summed E-state index contributed by atoms with van der Waals surface area (Å²) < 4.78 is 0. The Hall–Kier alpha value is -0.610. The van der Waals surface area contributed by atoms with E-state index < -0.39 is 0 Å². The number of carbonyl (C=O) groups excluding carboxylic acids is 1. The van der Waals surface area contributed by atoms with Crippen LogP contribution >= 0.6 is 0 Å². The van der Waals surface area contributed by atoms with E-state index in [1.54, 1.807) is 0 Å². The molecule has 0 bridgehead atoms. The van der Waals surface area contributed by atoms with Gasteiger partial charge >= 0.3 is 0 Å². The highest BCUT2D eigenvalue weighted by atomic mass is 16.1. The summed E-state index contributed by atoms with van der Waals surface area (Å²) in [7, 11) is 0. The van der Waals surface area contributed by atoms with E-state index in [9.17, 15) is 4.79 Å². The van der Waals surface area contributed by atoms with Gasteiger partial charge in [0.1, 0.15) is 0 Å². The summed E-state index contributed by atoms with van der Waals surface area (Å²) in [6.45, 7) is 0. The maximum Gasteiger partial charge on any atom is 0.220 e. The molecule has 0 unspecified atom stereocenters. The number of carbonyl (C=O) groups is 1. The van der Waals surface area contributed by atoms with E-state index >= 15 is 0 Å². The normalized spacial score (nSPS) is 30.6. The van der Waals surface area contributed by atoms with Gasteiger partial charge < -0.3 is 17.2 Å². The Morgan fingerprint density at radius 1 is 1.17 bits per heavy atom. The lowest BCUT2D eigenvalue weighted by Gasteiger charge is -2.28. The van der Waals surface area contributed by atoms with Crippen molar-refractivity contribution in [3.05, 3.63) is 0 Å². The van der Waals surface area contributed by atoms with Gasteiger partial charge in [0.15, 0.2) is 0 Å². The summed E-state index contributed by atoms with van der Waals surface area (Å²) in [6, 6.07) is 0. The molecule has 0 atom stereocenters. The lowest BCUT2D eigenvalue weighted by atomic mass is 9.80. The van der Waals surface area contributed by atoms with E-state index in [2.05, 4.69) is 0 Å². The number of primary amides is 1. The molecule has 0 heterocycles. The van der Waals surface area contributed by atoms with Crippen LogP contribution in [-0.4, -0.2) is 12.1 Å². The quantitative estimate of drug-likeness (QED) is 0.490. The van der Waals surface area contributed by atoms with Crippen LogP contribution in [0.2, 0.25) is 0 Å². The van der Waals surface area contributed by atoms with Crippen LogP contribution in [0.4, 0.5) is 0 Å². The molecule has 1 amide bonds. The first-order chi connectivity index (χ1) is 5.61. The van der Waals surface area contributed by atoms with Crippen LogP contribution in [0, 0.1) is 11.8 Å². The molecule has 4 heteroatoms. The van der Waals surface area contributed by atoms with E-state index in [1.165, 1.54) is 0 Å². The fourth-order valence-electron chi connectivity index (χ4n) is 1.79. The molecule has 0 aromatic carbocycles. The summed E-state index contributed by atoms with van der Waals surface area (Å²) in [5, 5.41) is 0. The first-order valence-corrected chi connectivity index (χ1v) is 4.41. The standard InChI is InChI=1S/C8H17N3O/c9-7(10)5-1-3-6(4-2-5)8(11)12/h5-7H,1-4,9-10H2,(H2,11,12)/t5-,6-. The molecule has 1 fully saturated rings. The molecule has 1 aliphatic carbocycles. The average molecular weight is 171 g/mol. The Morgan fingerprint density at radius 2 is 1.67 bits per heavy atom. The summed E-state index contributed by atoms with van der Waals surface area (Å²) >= 11 is 0. The van der Waals surface area contributed by atoms with Gasteiger partial charge in [-0.1, -0.05) is 0 Å². The van der Waals surface area contributed by atoms with E-state index in [0.29, 0.717) is 5.92 Å². The van der Waals surface area contributed by atoms with Crippen molar-refractivity contribution < 1.29 is 4.79 Å². The molecule has 1 saturated carbocycles. The predicted octanol–water partition coefficient (Wildman–Crippen LogP) is -0.478. The highest BCUT2D eigenvalue weighted by Crippen LogP contribution is 2.28. The molecule has 1 rings (SSSR count). The first-order valence-electron chi connectivity index (χ1n) is 4.41. The number of hydrogen-bond donors (Lipinski definition) is 3. The third-order valence-electron chi connectivity index (χ3n) is 2.72. The van der Waals surface area contributed by atoms with Crippen LogP contribution in [0.1, 0.15) is 25.7 Å². The Kier molecular flexibility index (Phi) is 3.05. The van der Waals surface area contributed by atoms with Gasteiger partial charge in [-0.15, -0.1) is 0 Å². The molecule has 1 aliphatic rings. The van der Waals surface area contributed by atoms with Gasteiger partial charge in [-0.25, -0.2) is 0 Å². The van der Waals surface area contributed by atoms with Crippen LogP contribution < -0.4 is 17.2 Å². The fraction of sp³-hybridized carbons (Fsp3) is 0.875. The average Bonchev–Trinajstić information content (AvgIpc) is 2.04. The van der Waals surface area contributed by atoms with Crippen molar-refractivity contribution in [1.82, 2.24) is 0 Å². The van der Waals surface area contributed by atoms with E-state index in [1.807, 2.05) is 0 Å². The second-order valence-electron chi connectivity index (χ2n) is 3.59. The van der Waals surface area contributed by atoms with Gasteiger partial charge in [0, 0.05) is 5.92 Å². The van der Waals surface area contributed by atoms with Gasteiger partial charge in [-0.3, -0.25) is 4.79 Å². The van der Waals surface area contributed by atoms with Crippen LogP contribution in [0.15, 0.2) is 0 Å². The topological polar surface area (TPSA) is 95.1 Å². The molecule has 12 heavy (non-hydrogen) atoms. The van der Waals surface area contributed by atoms with Crippen LogP contribution in [0.5, 0.6) is 0 Å². The van der Waals surface area contributed by atoms with Gasteiger partial charge in [0.2, 0.25) is 5.91 Å². The lowest BCUT2D eigenvalue weighted by molar-refractivity contribution is -0.123. The van der Waals surface area contributed by atoms with Gasteiger partial charge in [-0.2, -0.15) is 0 Å². The van der Waals surface area contributed by atoms with Crippen LogP contribution in [-0.2, 0) is 4.79 Å². The number of nitrogens with two attached hydrogens (primary N) is 3. The number of rotatable bonds is 2. The van der Waals surface area contributed by atoms with Crippen molar-refractivity contribution in [3.8, 4) is 0 Å². The minimum atomic E-state index is -0.237. The minimum absolute atomic E-state index is 0.0556. The summed E-state index contributed by atoms with van der Waals surface area (Å²) in [4.78, 5) is 10.8. The van der Waals surface area contributed by atoms with Crippen molar-refractivity contribution in [2.75, 3.05) is 0 Å². The van der Waals surface area contributed by atoms with Crippen LogP contribution in [0.25, 0.3) is 0 Å². The molecular formula is C8H17N3O. The molecule has 0 spiro atoms. The molecule has 0 aromatic rings. The SMILES string of the molecule is NC(=O)[C@H]1CC[C@H](C(N)N)CC1. The molecule has 0 aromatic heterocycles. The first kappa shape index (κ1) is 9.48. The smallest absolute Gasteiger partial charge is 0.220 e. The Bertz CT molecular complexity index is 162. The lowest BCUT2D eigenvalue weighted by Crippen LogP contribution is -2.41. The van der Waals surface area contributed by atoms with Crippen molar-refractivity contribution >= 4 is 5.91 Å². The van der Waals surface area contributed by atoms with Crippen LogP contribution in [0.3, 0.4) is 0 Å². The molecule has 0 radical (unpaired) electrons. The second-order valence-corrected chi connectivity index (χ2v) is 3.59. The molecular weight excluding hydrogens is 154 g/mol. The van der Waals surface area contributed by atoms with Crippen molar-refractivity contribution in [3.63, 3.8) is 0 Å². The highest BCUT2D eigenvalue weighted by Gasteiger charge is 2.26. The van der Waals surface area contributed by atoms with Crippen molar-refractivity contribution in [2.45, 2.75) is 31.8 Å². The number of hydrogen-bond acceptors (Lipinski definition) is 3. The van der Waals surface area contributed by atoms with E-state index in [0.717, 1.165) is 25.7 Å². The molecule has 70 valence electrons. The molecule has 6 N–H and O–H groups in total. The summed E-state index contributed by atoms with van der Waals surface area (Å²) in [5.41, 5.74) is 16.3. The van der Waals surface area contributed by atoms with Gasteiger partial charge in [-0.05, 0) is 31.6 Å². The third-order valence-corrected chi connectivity index (χ3v) is 2.72. The minimum Gasteiger partial charge on any atom is -0.369 e. The third kappa shape index (κ3) is 2.19. The molecule has 4 nitrogen and oxygen atoms in total. The fourth-order valence-corrected chi connectivity index (χ4v) is 1.79. The van der Waals surface area contributed by atoms with Crippen molar-refractivity contribution in [2.24, 2.45) is 29.0 Å².